The lowest BCUT2D eigenvalue weighted by atomic mass is 10.1. The molecule has 0 heterocycles. The van der Waals surface area contributed by atoms with Gasteiger partial charge in [-0.25, -0.2) is 0 Å². The summed E-state index contributed by atoms with van der Waals surface area (Å²) in [7, 11) is 0. The maximum atomic E-state index is 10.8. The normalized spacial score (nSPS) is 12.1. The monoisotopic (exact) mass is 206 g/mol. The van der Waals surface area contributed by atoms with Gasteiger partial charge >= 0.3 is 0 Å². The van der Waals surface area contributed by atoms with Crippen LogP contribution in [0.5, 0.6) is 5.75 Å². The molecular formula is C13H18O2. The molecule has 1 rings (SSSR count). The van der Waals surface area contributed by atoms with Crippen molar-refractivity contribution in [3.05, 3.63) is 29.8 Å². The number of benzene rings is 1. The highest BCUT2D eigenvalue weighted by molar-refractivity contribution is 5.79. The van der Waals surface area contributed by atoms with Gasteiger partial charge in [-0.15, -0.1) is 0 Å². The largest absolute Gasteiger partial charge is 0.490 e. The Morgan fingerprint density at radius 1 is 1.33 bits per heavy atom. The number of hydrogen-bond acceptors (Lipinski definition) is 2. The molecule has 0 aliphatic heterocycles. The molecule has 1 aromatic carbocycles. The number of carbonyl (C=O) groups excluding carboxylic acids is 1. The Balaban J connectivity index is 2.73. The molecule has 1 unspecified atom stereocenters. The van der Waals surface area contributed by atoms with Crippen LogP contribution < -0.4 is 4.74 Å². The van der Waals surface area contributed by atoms with Gasteiger partial charge in [0.15, 0.2) is 6.29 Å². The fourth-order valence-corrected chi connectivity index (χ4v) is 1.53. The van der Waals surface area contributed by atoms with E-state index in [9.17, 15) is 4.79 Å². The molecule has 0 N–H and O–H groups in total. The van der Waals surface area contributed by atoms with Gasteiger partial charge in [0.1, 0.15) is 5.75 Å². The molecule has 0 bridgehead atoms. The van der Waals surface area contributed by atoms with Crippen LogP contribution in [0.1, 0.15) is 43.5 Å². The molecule has 2 nitrogen and oxygen atoms in total. The fourth-order valence-electron chi connectivity index (χ4n) is 1.53. The average molecular weight is 206 g/mol. The summed E-state index contributed by atoms with van der Waals surface area (Å²) < 4.78 is 5.79. The number of aldehydes is 1. The minimum Gasteiger partial charge on any atom is -0.490 e. The maximum absolute atomic E-state index is 10.8. The maximum Gasteiger partial charge on any atom is 0.153 e. The summed E-state index contributed by atoms with van der Waals surface area (Å²) in [6, 6.07) is 7.36. The zero-order valence-corrected chi connectivity index (χ0v) is 9.40. The summed E-state index contributed by atoms with van der Waals surface area (Å²) in [6.07, 6.45) is 4.16. The minimum atomic E-state index is 0.219. The third-order valence-electron chi connectivity index (χ3n) is 2.41. The predicted molar refractivity (Wildman–Crippen MR) is 61.4 cm³/mol. The van der Waals surface area contributed by atoms with Gasteiger partial charge in [-0.05, 0) is 25.0 Å². The molecule has 0 saturated heterocycles. The van der Waals surface area contributed by atoms with Crippen LogP contribution in [0.3, 0.4) is 0 Å². The summed E-state index contributed by atoms with van der Waals surface area (Å²) in [5, 5.41) is 0. The Kier molecular flexibility index (Phi) is 4.88. The van der Waals surface area contributed by atoms with Crippen molar-refractivity contribution in [2.75, 3.05) is 0 Å². The molecule has 2 heteroatoms. The van der Waals surface area contributed by atoms with Crippen molar-refractivity contribution in [2.45, 2.75) is 39.2 Å². The molecule has 0 fully saturated rings. The highest BCUT2D eigenvalue weighted by Gasteiger charge is 2.09. The van der Waals surface area contributed by atoms with E-state index in [4.69, 9.17) is 4.74 Å². The van der Waals surface area contributed by atoms with Crippen molar-refractivity contribution in [1.29, 1.82) is 0 Å². The number of ether oxygens (including phenoxy) is 1. The van der Waals surface area contributed by atoms with Gasteiger partial charge in [0.2, 0.25) is 0 Å². The van der Waals surface area contributed by atoms with Crippen molar-refractivity contribution in [1.82, 2.24) is 0 Å². The molecule has 82 valence electrons. The second-order valence-corrected chi connectivity index (χ2v) is 3.59. The third kappa shape index (κ3) is 3.39. The van der Waals surface area contributed by atoms with Crippen molar-refractivity contribution in [3.63, 3.8) is 0 Å². The van der Waals surface area contributed by atoms with E-state index >= 15 is 0 Å². The molecule has 15 heavy (non-hydrogen) atoms. The molecule has 0 aliphatic rings. The van der Waals surface area contributed by atoms with Crippen molar-refractivity contribution in [3.8, 4) is 5.75 Å². The van der Waals surface area contributed by atoms with Crippen LogP contribution in [0.25, 0.3) is 0 Å². The third-order valence-corrected chi connectivity index (χ3v) is 2.41. The molecule has 0 saturated carbocycles. The zero-order chi connectivity index (χ0) is 11.1. The molecule has 0 aliphatic carbocycles. The van der Waals surface area contributed by atoms with Gasteiger partial charge < -0.3 is 4.74 Å². The number of carbonyl (C=O) groups is 1. The van der Waals surface area contributed by atoms with Gasteiger partial charge in [-0.2, -0.15) is 0 Å². The van der Waals surface area contributed by atoms with Crippen LogP contribution in [0, 0.1) is 0 Å². The summed E-state index contributed by atoms with van der Waals surface area (Å²) in [4.78, 5) is 10.8. The van der Waals surface area contributed by atoms with E-state index in [1.807, 2.05) is 18.2 Å². The topological polar surface area (TPSA) is 26.3 Å². The summed E-state index contributed by atoms with van der Waals surface area (Å²) in [5.74, 6) is 0.702. The Bertz CT molecular complexity index is 307. The zero-order valence-electron chi connectivity index (χ0n) is 9.40. The lowest BCUT2D eigenvalue weighted by Crippen LogP contribution is -2.15. The Labute approximate surface area is 91.3 Å². The second-order valence-electron chi connectivity index (χ2n) is 3.59. The highest BCUT2D eigenvalue weighted by Crippen LogP contribution is 2.19. The van der Waals surface area contributed by atoms with Crippen molar-refractivity contribution >= 4 is 6.29 Å². The van der Waals surface area contributed by atoms with Gasteiger partial charge in [0, 0.05) is 0 Å². The molecule has 1 aromatic rings. The van der Waals surface area contributed by atoms with Gasteiger partial charge in [0.25, 0.3) is 0 Å². The van der Waals surface area contributed by atoms with Crippen molar-refractivity contribution in [2.24, 2.45) is 0 Å². The van der Waals surface area contributed by atoms with Crippen LogP contribution in [0.15, 0.2) is 24.3 Å². The first-order valence-electron chi connectivity index (χ1n) is 5.52. The molecular weight excluding hydrogens is 188 g/mol. The Morgan fingerprint density at radius 3 is 2.67 bits per heavy atom. The quantitative estimate of drug-likeness (QED) is 0.666. The van der Waals surface area contributed by atoms with Crippen LogP contribution in [0.2, 0.25) is 0 Å². The molecule has 0 amide bonds. The molecule has 0 radical (unpaired) electrons. The molecule has 0 aromatic heterocycles. The van der Waals surface area contributed by atoms with Crippen LogP contribution in [0.4, 0.5) is 0 Å². The van der Waals surface area contributed by atoms with E-state index < -0.39 is 0 Å². The lowest BCUT2D eigenvalue weighted by Gasteiger charge is -2.17. The van der Waals surface area contributed by atoms with Crippen LogP contribution in [-0.2, 0) is 0 Å². The standard InChI is InChI=1S/C13H18O2/c1-3-7-12(4-2)15-13-9-6-5-8-11(13)10-14/h5-6,8-10,12H,3-4,7H2,1-2H3. The summed E-state index contributed by atoms with van der Waals surface area (Å²) in [6.45, 7) is 4.24. The van der Waals surface area contributed by atoms with E-state index in [-0.39, 0.29) is 6.10 Å². The second kappa shape index (κ2) is 6.23. The van der Waals surface area contributed by atoms with E-state index in [2.05, 4.69) is 13.8 Å². The number of rotatable bonds is 6. The summed E-state index contributed by atoms with van der Waals surface area (Å²) in [5.41, 5.74) is 0.632. The first kappa shape index (κ1) is 11.8. The van der Waals surface area contributed by atoms with E-state index in [0.717, 1.165) is 25.5 Å². The average Bonchev–Trinajstić information content (AvgIpc) is 2.29. The van der Waals surface area contributed by atoms with Gasteiger partial charge in [-0.3, -0.25) is 4.79 Å². The van der Waals surface area contributed by atoms with E-state index in [1.54, 1.807) is 6.07 Å². The highest BCUT2D eigenvalue weighted by atomic mass is 16.5. The fraction of sp³-hybridized carbons (Fsp3) is 0.462. The van der Waals surface area contributed by atoms with Gasteiger partial charge in [-0.1, -0.05) is 32.4 Å². The first-order valence-corrected chi connectivity index (χ1v) is 5.52. The predicted octanol–water partition coefficient (Wildman–Crippen LogP) is 3.46. The van der Waals surface area contributed by atoms with Crippen molar-refractivity contribution < 1.29 is 9.53 Å². The Hall–Kier alpha value is -1.31. The van der Waals surface area contributed by atoms with Crippen LogP contribution >= 0.6 is 0 Å². The van der Waals surface area contributed by atoms with Crippen LogP contribution in [-0.4, -0.2) is 12.4 Å². The number of hydrogen-bond donors (Lipinski definition) is 0. The number of para-hydroxylation sites is 1. The van der Waals surface area contributed by atoms with E-state index in [0.29, 0.717) is 11.3 Å². The SMILES string of the molecule is CCCC(CC)Oc1ccccc1C=O. The lowest BCUT2D eigenvalue weighted by molar-refractivity contribution is 0.111. The Morgan fingerprint density at radius 2 is 2.07 bits per heavy atom. The smallest absolute Gasteiger partial charge is 0.153 e. The molecule has 1 atom stereocenters. The summed E-state index contributed by atoms with van der Waals surface area (Å²) >= 11 is 0. The van der Waals surface area contributed by atoms with E-state index in [1.165, 1.54) is 0 Å². The first-order chi connectivity index (χ1) is 7.31. The minimum absolute atomic E-state index is 0.219. The molecule has 0 spiro atoms. The van der Waals surface area contributed by atoms with Gasteiger partial charge in [0.05, 0.1) is 11.7 Å².